The standard InChI is InChI=1S/C33H34FN3O4S/c1-3-25-18-20-28(21-19-25)37(42(40,41)29-15-8-5-9-16-29)24-32(38)36(23-27-14-10-11-17-30(27)34)31(33(39)35-2)22-26-12-6-4-7-13-26/h4-21,31H,3,22-24H2,1-2H3,(H,35,39)/t31-/m1/s1. The molecule has 0 saturated carbocycles. The monoisotopic (exact) mass is 587 g/mol. The number of amides is 2. The van der Waals surface area contributed by atoms with Gasteiger partial charge in [-0.15, -0.1) is 0 Å². The zero-order valence-electron chi connectivity index (χ0n) is 23.6. The second kappa shape index (κ2) is 13.9. The molecule has 1 atom stereocenters. The van der Waals surface area contributed by atoms with E-state index in [1.54, 1.807) is 48.5 Å². The summed E-state index contributed by atoms with van der Waals surface area (Å²) in [6.45, 7) is 1.16. The van der Waals surface area contributed by atoms with Gasteiger partial charge in [-0.3, -0.25) is 13.9 Å². The smallest absolute Gasteiger partial charge is 0.264 e. The summed E-state index contributed by atoms with van der Waals surface area (Å²) in [5, 5.41) is 2.62. The highest BCUT2D eigenvalue weighted by atomic mass is 32.2. The normalized spacial score (nSPS) is 11.9. The van der Waals surface area contributed by atoms with Crippen molar-refractivity contribution in [3.63, 3.8) is 0 Å². The molecule has 0 aliphatic carbocycles. The van der Waals surface area contributed by atoms with Gasteiger partial charge in [0.15, 0.2) is 0 Å². The Labute approximate surface area is 246 Å². The molecule has 0 spiro atoms. The van der Waals surface area contributed by atoms with Crippen LogP contribution in [0.3, 0.4) is 0 Å². The van der Waals surface area contributed by atoms with E-state index < -0.39 is 40.2 Å². The predicted molar refractivity (Wildman–Crippen MR) is 162 cm³/mol. The van der Waals surface area contributed by atoms with Crippen LogP contribution in [0.25, 0.3) is 0 Å². The summed E-state index contributed by atoms with van der Waals surface area (Å²) < 4.78 is 43.7. The lowest BCUT2D eigenvalue weighted by Crippen LogP contribution is -2.53. The van der Waals surface area contributed by atoms with Crippen LogP contribution in [0.4, 0.5) is 10.1 Å². The third-order valence-electron chi connectivity index (χ3n) is 7.06. The zero-order valence-corrected chi connectivity index (χ0v) is 24.4. The molecule has 0 heterocycles. The number of aryl methyl sites for hydroxylation is 1. The molecule has 4 aromatic rings. The maximum absolute atomic E-state index is 14.9. The first kappa shape index (κ1) is 30.5. The Balaban J connectivity index is 1.79. The molecule has 0 bridgehead atoms. The van der Waals surface area contributed by atoms with E-state index in [-0.39, 0.29) is 23.4 Å². The zero-order chi connectivity index (χ0) is 30.1. The Morgan fingerprint density at radius 2 is 1.40 bits per heavy atom. The minimum Gasteiger partial charge on any atom is -0.357 e. The van der Waals surface area contributed by atoms with Crippen LogP contribution < -0.4 is 9.62 Å². The first-order valence-corrected chi connectivity index (χ1v) is 15.1. The van der Waals surface area contributed by atoms with Gasteiger partial charge in [0.25, 0.3) is 10.0 Å². The van der Waals surface area contributed by atoms with Crippen molar-refractivity contribution in [2.45, 2.75) is 37.2 Å². The van der Waals surface area contributed by atoms with Gasteiger partial charge in [-0.1, -0.05) is 85.8 Å². The lowest BCUT2D eigenvalue weighted by molar-refractivity contribution is -0.139. The van der Waals surface area contributed by atoms with Crippen LogP contribution in [-0.4, -0.2) is 44.8 Å². The molecule has 0 aliphatic rings. The summed E-state index contributed by atoms with van der Waals surface area (Å²) in [5.41, 5.74) is 2.31. The Morgan fingerprint density at radius 3 is 2.00 bits per heavy atom. The van der Waals surface area contributed by atoms with Crippen molar-refractivity contribution in [1.29, 1.82) is 0 Å². The molecule has 42 heavy (non-hydrogen) atoms. The van der Waals surface area contributed by atoms with E-state index in [2.05, 4.69) is 5.32 Å². The van der Waals surface area contributed by atoms with Crippen LogP contribution in [0.15, 0.2) is 114 Å². The maximum Gasteiger partial charge on any atom is 0.264 e. The molecule has 0 aliphatic heterocycles. The van der Waals surface area contributed by atoms with E-state index in [4.69, 9.17) is 0 Å². The molecule has 0 radical (unpaired) electrons. The van der Waals surface area contributed by atoms with Crippen LogP contribution in [0, 0.1) is 5.82 Å². The number of carbonyl (C=O) groups excluding carboxylic acids is 2. The largest absolute Gasteiger partial charge is 0.357 e. The number of nitrogens with zero attached hydrogens (tertiary/aromatic N) is 2. The molecular weight excluding hydrogens is 553 g/mol. The number of sulfonamides is 1. The molecule has 218 valence electrons. The van der Waals surface area contributed by atoms with Crippen molar-refractivity contribution in [2.24, 2.45) is 0 Å². The van der Waals surface area contributed by atoms with Crippen molar-refractivity contribution >= 4 is 27.5 Å². The highest BCUT2D eigenvalue weighted by Gasteiger charge is 2.34. The maximum atomic E-state index is 14.9. The minimum atomic E-state index is -4.18. The topological polar surface area (TPSA) is 86.8 Å². The SMILES string of the molecule is CCc1ccc(N(CC(=O)N(Cc2ccccc2F)[C@H](Cc2ccccc2)C(=O)NC)S(=O)(=O)c2ccccc2)cc1. The van der Waals surface area contributed by atoms with Gasteiger partial charge in [0.2, 0.25) is 11.8 Å². The van der Waals surface area contributed by atoms with E-state index in [1.807, 2.05) is 49.4 Å². The molecule has 7 nitrogen and oxygen atoms in total. The third kappa shape index (κ3) is 7.22. The molecule has 0 fully saturated rings. The molecule has 9 heteroatoms. The fourth-order valence-electron chi connectivity index (χ4n) is 4.68. The van der Waals surface area contributed by atoms with Crippen LogP contribution in [0.2, 0.25) is 0 Å². The number of hydrogen-bond donors (Lipinski definition) is 1. The summed E-state index contributed by atoms with van der Waals surface area (Å²) in [6.07, 6.45) is 0.908. The third-order valence-corrected chi connectivity index (χ3v) is 8.85. The summed E-state index contributed by atoms with van der Waals surface area (Å²) in [5.74, 6) is -1.63. The van der Waals surface area contributed by atoms with Gasteiger partial charge >= 0.3 is 0 Å². The van der Waals surface area contributed by atoms with Gasteiger partial charge in [0.1, 0.15) is 18.4 Å². The van der Waals surface area contributed by atoms with E-state index in [1.165, 1.54) is 30.1 Å². The van der Waals surface area contributed by atoms with Gasteiger partial charge in [-0.05, 0) is 47.9 Å². The van der Waals surface area contributed by atoms with Crippen molar-refractivity contribution in [3.8, 4) is 0 Å². The van der Waals surface area contributed by atoms with Crippen molar-refractivity contribution < 1.29 is 22.4 Å². The highest BCUT2D eigenvalue weighted by Crippen LogP contribution is 2.26. The quantitative estimate of drug-likeness (QED) is 0.254. The second-order valence-electron chi connectivity index (χ2n) is 9.78. The number of rotatable bonds is 12. The Hall–Kier alpha value is -4.50. The number of nitrogens with one attached hydrogen (secondary N) is 1. The van der Waals surface area contributed by atoms with Gasteiger partial charge in [-0.2, -0.15) is 0 Å². The fourth-order valence-corrected chi connectivity index (χ4v) is 6.11. The van der Waals surface area contributed by atoms with Crippen molar-refractivity contribution in [2.75, 3.05) is 17.9 Å². The van der Waals surface area contributed by atoms with Crippen molar-refractivity contribution in [1.82, 2.24) is 10.2 Å². The molecule has 0 unspecified atom stereocenters. The number of likely N-dealkylation sites (N-methyl/N-ethyl adjacent to an activating group) is 1. The molecule has 1 N–H and O–H groups in total. The van der Waals surface area contributed by atoms with Crippen LogP contribution in [-0.2, 0) is 39.0 Å². The average molecular weight is 588 g/mol. The van der Waals surface area contributed by atoms with E-state index in [9.17, 15) is 22.4 Å². The molecular formula is C33H34FN3O4S. The summed E-state index contributed by atoms with van der Waals surface area (Å²) in [7, 11) is -2.72. The molecule has 4 aromatic carbocycles. The number of carbonyl (C=O) groups is 2. The van der Waals surface area contributed by atoms with E-state index >= 15 is 0 Å². The van der Waals surface area contributed by atoms with Gasteiger partial charge in [0, 0.05) is 25.6 Å². The minimum absolute atomic E-state index is 0.0187. The van der Waals surface area contributed by atoms with Crippen LogP contribution >= 0.6 is 0 Å². The number of anilines is 1. The summed E-state index contributed by atoms with van der Waals surface area (Å²) in [6, 6.07) is 29.0. The Bertz CT molecular complexity index is 1600. The Morgan fingerprint density at radius 1 is 0.810 bits per heavy atom. The number of halogens is 1. The molecule has 2 amide bonds. The van der Waals surface area contributed by atoms with E-state index in [0.29, 0.717) is 5.69 Å². The van der Waals surface area contributed by atoms with Crippen LogP contribution in [0.5, 0.6) is 0 Å². The number of benzene rings is 4. The first-order chi connectivity index (χ1) is 20.2. The van der Waals surface area contributed by atoms with Gasteiger partial charge in [0.05, 0.1) is 10.6 Å². The van der Waals surface area contributed by atoms with Gasteiger partial charge in [-0.25, -0.2) is 12.8 Å². The molecule has 0 aromatic heterocycles. The second-order valence-corrected chi connectivity index (χ2v) is 11.6. The molecule has 0 saturated heterocycles. The predicted octanol–water partition coefficient (Wildman–Crippen LogP) is 4.97. The van der Waals surface area contributed by atoms with Gasteiger partial charge < -0.3 is 10.2 Å². The summed E-state index contributed by atoms with van der Waals surface area (Å²) in [4.78, 5) is 28.7. The summed E-state index contributed by atoms with van der Waals surface area (Å²) >= 11 is 0. The van der Waals surface area contributed by atoms with Crippen LogP contribution in [0.1, 0.15) is 23.6 Å². The Kier molecular flexibility index (Phi) is 10.1. The average Bonchev–Trinajstić information content (AvgIpc) is 3.02. The number of hydrogen-bond acceptors (Lipinski definition) is 4. The first-order valence-electron chi connectivity index (χ1n) is 13.7. The fraction of sp³-hybridized carbons (Fsp3) is 0.212. The lowest BCUT2D eigenvalue weighted by Gasteiger charge is -2.33. The van der Waals surface area contributed by atoms with Crippen molar-refractivity contribution in [3.05, 3.63) is 132 Å². The highest BCUT2D eigenvalue weighted by molar-refractivity contribution is 7.92. The molecule has 4 rings (SSSR count). The van der Waals surface area contributed by atoms with E-state index in [0.717, 1.165) is 21.9 Å². The lowest BCUT2D eigenvalue weighted by atomic mass is 10.0.